The van der Waals surface area contributed by atoms with Crippen LogP contribution in [0.1, 0.15) is 10.4 Å². The van der Waals surface area contributed by atoms with E-state index in [1.165, 1.54) is 0 Å². The molecule has 1 aromatic heterocycles. The minimum absolute atomic E-state index is 0.369. The van der Waals surface area contributed by atoms with Crippen molar-refractivity contribution in [3.63, 3.8) is 0 Å². The van der Waals surface area contributed by atoms with E-state index >= 15 is 0 Å². The fraction of sp³-hybridized carbons (Fsp3) is 0. The lowest BCUT2D eigenvalue weighted by Gasteiger charge is -2.08. The van der Waals surface area contributed by atoms with Crippen molar-refractivity contribution in [2.24, 2.45) is 4.99 Å². The Labute approximate surface area is 137 Å². The molecule has 0 unspecified atom stereocenters. The Kier molecular flexibility index (Phi) is 3.35. The van der Waals surface area contributed by atoms with Crippen LogP contribution in [0.3, 0.4) is 0 Å². The van der Waals surface area contributed by atoms with Crippen molar-refractivity contribution >= 4 is 33.6 Å². The topological polar surface area (TPSA) is 54.6 Å². The Morgan fingerprint density at radius 3 is 2.42 bits per heavy atom. The van der Waals surface area contributed by atoms with Gasteiger partial charge in [-0.1, -0.05) is 48.5 Å². The summed E-state index contributed by atoms with van der Waals surface area (Å²) in [5.41, 5.74) is 2.07. The lowest BCUT2D eigenvalue weighted by atomic mass is 10.1. The van der Waals surface area contributed by atoms with Crippen LogP contribution in [0, 0.1) is 0 Å². The van der Waals surface area contributed by atoms with E-state index in [0.717, 1.165) is 27.2 Å². The third kappa shape index (κ3) is 2.25. The van der Waals surface area contributed by atoms with Crippen LogP contribution in [0.25, 0.3) is 21.7 Å². The van der Waals surface area contributed by atoms with E-state index in [-0.39, 0.29) is 0 Å². The summed E-state index contributed by atoms with van der Waals surface area (Å²) in [6.07, 6.45) is 0.761. The Hall–Kier alpha value is -3.40. The van der Waals surface area contributed by atoms with Gasteiger partial charge in [0, 0.05) is 16.3 Å². The molecule has 0 radical (unpaired) electrons. The number of nitrogens with zero attached hydrogens (tertiary/aromatic N) is 2. The van der Waals surface area contributed by atoms with Crippen molar-refractivity contribution in [1.82, 2.24) is 4.73 Å². The summed E-state index contributed by atoms with van der Waals surface area (Å²) in [6.45, 7) is 0. The van der Waals surface area contributed by atoms with Crippen molar-refractivity contribution in [2.75, 3.05) is 0 Å². The monoisotopic (exact) mass is 314 g/mol. The van der Waals surface area contributed by atoms with E-state index in [2.05, 4.69) is 4.99 Å². The Bertz CT molecular complexity index is 1140. The third-order valence-electron chi connectivity index (χ3n) is 4.07. The van der Waals surface area contributed by atoms with Gasteiger partial charge >= 0.3 is 0 Å². The van der Waals surface area contributed by atoms with Gasteiger partial charge in [0.25, 0.3) is 0 Å². The molecule has 0 amide bonds. The Balaban J connectivity index is 2.07. The van der Waals surface area contributed by atoms with Crippen molar-refractivity contribution in [2.45, 2.75) is 0 Å². The second-order valence-electron chi connectivity index (χ2n) is 5.52. The minimum Gasteiger partial charge on any atom is -0.426 e. The summed E-state index contributed by atoms with van der Waals surface area (Å²) in [7, 11) is 0. The molecular weight excluding hydrogens is 300 g/mol. The Morgan fingerprint density at radius 2 is 1.54 bits per heavy atom. The van der Waals surface area contributed by atoms with Crippen molar-refractivity contribution < 1.29 is 10.0 Å². The number of aromatic nitrogens is 1. The van der Waals surface area contributed by atoms with Gasteiger partial charge in [0.1, 0.15) is 0 Å². The normalized spacial score (nSPS) is 11.9. The van der Waals surface area contributed by atoms with Crippen LogP contribution < -0.4 is 5.49 Å². The average molecular weight is 314 g/mol. The predicted octanol–water partition coefficient (Wildman–Crippen LogP) is 4.08. The first-order valence-corrected chi connectivity index (χ1v) is 7.59. The molecule has 0 spiro atoms. The van der Waals surface area contributed by atoms with Crippen molar-refractivity contribution in [3.05, 3.63) is 83.8 Å². The molecule has 0 saturated carbocycles. The summed E-state index contributed by atoms with van der Waals surface area (Å²) in [4.78, 5) is 15.6. The number of hydrogen-bond acceptors (Lipinski definition) is 3. The summed E-state index contributed by atoms with van der Waals surface area (Å²) in [5.74, 6) is 0. The zero-order valence-corrected chi connectivity index (χ0v) is 12.8. The highest BCUT2D eigenvalue weighted by Gasteiger charge is 2.06. The molecule has 116 valence electrons. The summed E-state index contributed by atoms with van der Waals surface area (Å²) in [5, 5.41) is 13.6. The molecule has 0 saturated heterocycles. The van der Waals surface area contributed by atoms with Gasteiger partial charge < -0.3 is 5.21 Å². The van der Waals surface area contributed by atoms with Crippen LogP contribution in [0.2, 0.25) is 0 Å². The number of aldehydes is 1. The molecule has 4 nitrogen and oxygen atoms in total. The van der Waals surface area contributed by atoms with Gasteiger partial charge in [-0.3, -0.25) is 4.79 Å². The first-order valence-electron chi connectivity index (χ1n) is 7.59. The standard InChI is InChI=1S/C20H14N2O2/c23-13-16-6-2-4-8-18(16)21-19-12-11-15-10-9-14-5-1-3-7-17(14)20(15)22(19)24/h1-13,24H. The smallest absolute Gasteiger partial charge is 0.169 e. The fourth-order valence-corrected chi connectivity index (χ4v) is 2.89. The van der Waals surface area contributed by atoms with Crippen LogP contribution in [0.5, 0.6) is 0 Å². The first-order chi connectivity index (χ1) is 11.8. The molecule has 3 aromatic carbocycles. The molecule has 4 heteroatoms. The van der Waals surface area contributed by atoms with E-state index in [0.29, 0.717) is 22.3 Å². The first kappa shape index (κ1) is 14.2. The van der Waals surface area contributed by atoms with Crippen LogP contribution in [-0.4, -0.2) is 16.2 Å². The SMILES string of the molecule is O=Cc1ccccc1N=c1ccc2ccc3ccccc3c2n1O. The number of rotatable bonds is 2. The summed E-state index contributed by atoms with van der Waals surface area (Å²) >= 11 is 0. The molecule has 0 atom stereocenters. The zero-order valence-electron chi connectivity index (χ0n) is 12.8. The van der Waals surface area contributed by atoms with E-state index in [4.69, 9.17) is 0 Å². The highest BCUT2D eigenvalue weighted by Crippen LogP contribution is 2.23. The maximum absolute atomic E-state index is 11.2. The van der Waals surface area contributed by atoms with Gasteiger partial charge in [0.05, 0.1) is 11.2 Å². The van der Waals surface area contributed by atoms with Gasteiger partial charge in [-0.05, 0) is 29.7 Å². The minimum atomic E-state index is 0.369. The molecule has 4 rings (SSSR count). The van der Waals surface area contributed by atoms with Crippen LogP contribution >= 0.6 is 0 Å². The summed E-state index contributed by atoms with van der Waals surface area (Å²) < 4.78 is 1.08. The Morgan fingerprint density at radius 1 is 0.833 bits per heavy atom. The molecular formula is C20H14N2O2. The van der Waals surface area contributed by atoms with Crippen LogP contribution in [0.4, 0.5) is 5.69 Å². The quantitative estimate of drug-likeness (QED) is 0.344. The lowest BCUT2D eigenvalue weighted by molar-refractivity contribution is 0.112. The number of pyridine rings is 1. The largest absolute Gasteiger partial charge is 0.426 e. The van der Waals surface area contributed by atoms with Gasteiger partial charge in [-0.2, -0.15) is 4.73 Å². The summed E-state index contributed by atoms with van der Waals surface area (Å²) in [6, 6.07) is 22.5. The van der Waals surface area contributed by atoms with Crippen LogP contribution in [-0.2, 0) is 0 Å². The lowest BCUT2D eigenvalue weighted by Crippen LogP contribution is -2.18. The molecule has 0 fully saturated rings. The van der Waals surface area contributed by atoms with Gasteiger partial charge in [-0.15, -0.1) is 0 Å². The van der Waals surface area contributed by atoms with Gasteiger partial charge in [0.2, 0.25) is 0 Å². The molecule has 1 heterocycles. The molecule has 1 N–H and O–H groups in total. The molecule has 4 aromatic rings. The number of carbonyl (C=O) groups excluding carboxylic acids is 1. The maximum Gasteiger partial charge on any atom is 0.169 e. The molecule has 24 heavy (non-hydrogen) atoms. The van der Waals surface area contributed by atoms with Crippen molar-refractivity contribution in [3.8, 4) is 0 Å². The van der Waals surface area contributed by atoms with Gasteiger partial charge in [-0.25, -0.2) is 4.99 Å². The van der Waals surface area contributed by atoms with Crippen molar-refractivity contribution in [1.29, 1.82) is 0 Å². The van der Waals surface area contributed by atoms with E-state index < -0.39 is 0 Å². The number of fused-ring (bicyclic) bond motifs is 3. The fourth-order valence-electron chi connectivity index (χ4n) is 2.89. The zero-order chi connectivity index (χ0) is 16.5. The highest BCUT2D eigenvalue weighted by atomic mass is 16.5. The van der Waals surface area contributed by atoms with E-state index in [1.54, 1.807) is 24.3 Å². The third-order valence-corrected chi connectivity index (χ3v) is 4.07. The number of hydrogen-bond donors (Lipinski definition) is 1. The van der Waals surface area contributed by atoms with Gasteiger partial charge in [0.15, 0.2) is 11.8 Å². The highest BCUT2D eigenvalue weighted by molar-refractivity contribution is 6.05. The number of benzene rings is 3. The average Bonchev–Trinajstić information content (AvgIpc) is 2.64. The maximum atomic E-state index is 11.2. The molecule has 0 aliphatic rings. The molecule has 0 aliphatic carbocycles. The number of carbonyl (C=O) groups is 1. The number of para-hydroxylation sites is 1. The predicted molar refractivity (Wildman–Crippen MR) is 93.7 cm³/mol. The molecule has 0 bridgehead atoms. The molecule has 0 aliphatic heterocycles. The second kappa shape index (κ2) is 5.66. The van der Waals surface area contributed by atoms with Crippen LogP contribution in [0.15, 0.2) is 77.8 Å². The van der Waals surface area contributed by atoms with E-state index in [1.807, 2.05) is 48.5 Å². The second-order valence-corrected chi connectivity index (χ2v) is 5.52. The van der Waals surface area contributed by atoms with E-state index in [9.17, 15) is 10.0 Å².